The molecule has 1 aliphatic rings. The normalized spacial score (nSPS) is 21.3. The highest BCUT2D eigenvalue weighted by molar-refractivity contribution is 7.13. The summed E-state index contributed by atoms with van der Waals surface area (Å²) in [6, 6.07) is 2.77. The zero-order valence-electron chi connectivity index (χ0n) is 14.0. The summed E-state index contributed by atoms with van der Waals surface area (Å²) in [5.74, 6) is -2.15. The average molecular weight is 367 g/mol. The Labute approximate surface area is 148 Å². The molecule has 2 aromatic rings. The van der Waals surface area contributed by atoms with E-state index in [0.717, 1.165) is 37.0 Å². The fourth-order valence-electron chi connectivity index (χ4n) is 2.92. The SMILES string of the molecule is CC1CN(Cc2csc(NC(=O)c3cc(F)ccc3F)n2)CC(C)O1. The molecule has 1 saturated heterocycles. The standard InChI is InChI=1S/C17H19F2N3O2S/c1-10-6-22(7-11(2)24-10)8-13-9-25-17(20-13)21-16(23)14-5-12(18)3-4-15(14)19/h3-5,9-11H,6-8H2,1-2H3,(H,20,21,23). The summed E-state index contributed by atoms with van der Waals surface area (Å²) in [7, 11) is 0. The van der Waals surface area contributed by atoms with Crippen LogP contribution in [0.1, 0.15) is 29.9 Å². The molecule has 1 aromatic carbocycles. The van der Waals surface area contributed by atoms with Crippen molar-refractivity contribution in [1.82, 2.24) is 9.88 Å². The number of nitrogens with one attached hydrogen (secondary N) is 1. The number of rotatable bonds is 4. The van der Waals surface area contributed by atoms with Gasteiger partial charge in [-0.05, 0) is 32.0 Å². The van der Waals surface area contributed by atoms with Crippen molar-refractivity contribution < 1.29 is 18.3 Å². The molecule has 1 fully saturated rings. The molecule has 0 aliphatic carbocycles. The minimum absolute atomic E-state index is 0.164. The third-order valence-electron chi connectivity index (χ3n) is 3.83. The van der Waals surface area contributed by atoms with E-state index in [9.17, 15) is 13.6 Å². The number of halogens is 2. The molecule has 1 N–H and O–H groups in total. The van der Waals surface area contributed by atoms with Crippen LogP contribution in [0.2, 0.25) is 0 Å². The third-order valence-corrected chi connectivity index (χ3v) is 4.63. The predicted octanol–water partition coefficient (Wildman–Crippen LogP) is 3.28. The first kappa shape index (κ1) is 17.9. The van der Waals surface area contributed by atoms with E-state index < -0.39 is 17.5 Å². The van der Waals surface area contributed by atoms with Gasteiger partial charge in [0.15, 0.2) is 5.13 Å². The molecule has 0 spiro atoms. The molecule has 0 saturated carbocycles. The summed E-state index contributed by atoms with van der Waals surface area (Å²) in [5.41, 5.74) is 0.480. The number of aromatic nitrogens is 1. The van der Waals surface area contributed by atoms with Crippen LogP contribution < -0.4 is 5.32 Å². The maximum absolute atomic E-state index is 13.6. The van der Waals surface area contributed by atoms with Crippen LogP contribution in [0, 0.1) is 11.6 Å². The Morgan fingerprint density at radius 1 is 1.36 bits per heavy atom. The molecule has 2 heterocycles. The van der Waals surface area contributed by atoms with Gasteiger partial charge in [-0.1, -0.05) is 0 Å². The van der Waals surface area contributed by atoms with Crippen molar-refractivity contribution in [2.24, 2.45) is 0 Å². The second-order valence-electron chi connectivity index (χ2n) is 6.17. The molecule has 1 amide bonds. The summed E-state index contributed by atoms with van der Waals surface area (Å²) in [6.45, 7) is 6.35. The molecule has 0 radical (unpaired) electrons. The molecule has 2 atom stereocenters. The average Bonchev–Trinajstić information content (AvgIpc) is 2.95. The number of benzene rings is 1. The number of amides is 1. The van der Waals surface area contributed by atoms with Crippen LogP contribution in [0.3, 0.4) is 0 Å². The number of ether oxygens (including phenoxy) is 1. The van der Waals surface area contributed by atoms with E-state index in [0.29, 0.717) is 11.7 Å². The predicted molar refractivity (Wildman–Crippen MR) is 91.7 cm³/mol. The Balaban J connectivity index is 1.63. The molecule has 8 heteroatoms. The highest BCUT2D eigenvalue weighted by Crippen LogP contribution is 2.20. The van der Waals surface area contributed by atoms with Crippen molar-refractivity contribution in [1.29, 1.82) is 0 Å². The number of nitrogens with zero attached hydrogens (tertiary/aromatic N) is 2. The largest absolute Gasteiger partial charge is 0.373 e. The molecule has 5 nitrogen and oxygen atoms in total. The van der Waals surface area contributed by atoms with E-state index in [-0.39, 0.29) is 17.8 Å². The van der Waals surface area contributed by atoms with Gasteiger partial charge in [0.05, 0.1) is 23.5 Å². The van der Waals surface area contributed by atoms with Crippen molar-refractivity contribution in [3.63, 3.8) is 0 Å². The van der Waals surface area contributed by atoms with Gasteiger partial charge >= 0.3 is 0 Å². The van der Waals surface area contributed by atoms with E-state index in [2.05, 4.69) is 15.2 Å². The lowest BCUT2D eigenvalue weighted by molar-refractivity contribution is -0.0707. The van der Waals surface area contributed by atoms with Crippen LogP contribution in [-0.4, -0.2) is 41.1 Å². The number of carbonyl (C=O) groups is 1. The molecule has 2 unspecified atom stereocenters. The number of morpholine rings is 1. The minimum Gasteiger partial charge on any atom is -0.373 e. The highest BCUT2D eigenvalue weighted by Gasteiger charge is 2.23. The second kappa shape index (κ2) is 7.55. The maximum atomic E-state index is 13.6. The third kappa shape index (κ3) is 4.59. The summed E-state index contributed by atoms with van der Waals surface area (Å²) in [6.07, 6.45) is 0.329. The van der Waals surface area contributed by atoms with Crippen LogP contribution in [0.25, 0.3) is 0 Å². The van der Waals surface area contributed by atoms with Gasteiger partial charge in [-0.3, -0.25) is 15.0 Å². The van der Waals surface area contributed by atoms with E-state index >= 15 is 0 Å². The van der Waals surface area contributed by atoms with Gasteiger partial charge in [0.25, 0.3) is 5.91 Å². The quantitative estimate of drug-likeness (QED) is 0.901. The number of thiazole rings is 1. The van der Waals surface area contributed by atoms with Crippen molar-refractivity contribution in [3.8, 4) is 0 Å². The van der Waals surface area contributed by atoms with Crippen LogP contribution in [0.15, 0.2) is 23.6 Å². The maximum Gasteiger partial charge on any atom is 0.260 e. The molecule has 3 rings (SSSR count). The molecule has 1 aromatic heterocycles. The van der Waals surface area contributed by atoms with Gasteiger partial charge in [-0.2, -0.15) is 0 Å². The number of hydrogen-bond acceptors (Lipinski definition) is 5. The fourth-order valence-corrected chi connectivity index (χ4v) is 3.61. The van der Waals surface area contributed by atoms with Crippen molar-refractivity contribution in [2.75, 3.05) is 18.4 Å². The van der Waals surface area contributed by atoms with Crippen molar-refractivity contribution >= 4 is 22.4 Å². The second-order valence-corrected chi connectivity index (χ2v) is 7.03. The fraction of sp³-hybridized carbons (Fsp3) is 0.412. The molecule has 134 valence electrons. The number of carbonyl (C=O) groups excluding carboxylic acids is 1. The number of anilines is 1. The highest BCUT2D eigenvalue weighted by atomic mass is 32.1. The Hall–Kier alpha value is -1.90. The zero-order chi connectivity index (χ0) is 18.0. The van der Waals surface area contributed by atoms with E-state index in [1.165, 1.54) is 11.3 Å². The lowest BCUT2D eigenvalue weighted by atomic mass is 10.2. The first-order valence-corrected chi connectivity index (χ1v) is 8.87. The Morgan fingerprint density at radius 2 is 2.08 bits per heavy atom. The minimum atomic E-state index is -0.771. The van der Waals surface area contributed by atoms with Crippen LogP contribution >= 0.6 is 11.3 Å². The van der Waals surface area contributed by atoms with Crippen molar-refractivity contribution in [3.05, 3.63) is 46.5 Å². The first-order chi connectivity index (χ1) is 11.9. The summed E-state index contributed by atoms with van der Waals surface area (Å²) < 4.78 is 32.5. The van der Waals surface area contributed by atoms with Crippen molar-refractivity contribution in [2.45, 2.75) is 32.6 Å². The van der Waals surface area contributed by atoms with Gasteiger partial charge in [0.1, 0.15) is 11.6 Å². The molecule has 0 bridgehead atoms. The van der Waals surface area contributed by atoms with Gasteiger partial charge < -0.3 is 4.74 Å². The lowest BCUT2D eigenvalue weighted by Crippen LogP contribution is -2.44. The van der Waals surface area contributed by atoms with Gasteiger partial charge in [0.2, 0.25) is 0 Å². The van der Waals surface area contributed by atoms with E-state index in [4.69, 9.17) is 4.74 Å². The first-order valence-electron chi connectivity index (χ1n) is 7.99. The lowest BCUT2D eigenvalue weighted by Gasteiger charge is -2.34. The van der Waals surface area contributed by atoms with Crippen LogP contribution in [-0.2, 0) is 11.3 Å². The van der Waals surface area contributed by atoms with Gasteiger partial charge in [0, 0.05) is 25.0 Å². The topological polar surface area (TPSA) is 54.5 Å². The number of hydrogen-bond donors (Lipinski definition) is 1. The molecular formula is C17H19F2N3O2S. The van der Waals surface area contributed by atoms with Crippen LogP contribution in [0.4, 0.5) is 13.9 Å². The Bertz CT molecular complexity index is 758. The van der Waals surface area contributed by atoms with Crippen LogP contribution in [0.5, 0.6) is 0 Å². The molecule has 25 heavy (non-hydrogen) atoms. The zero-order valence-corrected chi connectivity index (χ0v) is 14.8. The Morgan fingerprint density at radius 3 is 2.80 bits per heavy atom. The summed E-state index contributed by atoms with van der Waals surface area (Å²) in [5, 5.41) is 4.73. The molecular weight excluding hydrogens is 348 g/mol. The monoisotopic (exact) mass is 367 g/mol. The summed E-state index contributed by atoms with van der Waals surface area (Å²) in [4.78, 5) is 18.7. The van der Waals surface area contributed by atoms with E-state index in [1.807, 2.05) is 19.2 Å². The van der Waals surface area contributed by atoms with E-state index in [1.54, 1.807) is 0 Å². The summed E-state index contributed by atoms with van der Waals surface area (Å²) >= 11 is 1.26. The Kier molecular flexibility index (Phi) is 5.41. The van der Waals surface area contributed by atoms with Gasteiger partial charge in [-0.15, -0.1) is 11.3 Å². The van der Waals surface area contributed by atoms with Gasteiger partial charge in [-0.25, -0.2) is 13.8 Å². The molecule has 1 aliphatic heterocycles. The smallest absolute Gasteiger partial charge is 0.260 e.